The molecule has 0 aliphatic carbocycles. The van der Waals surface area contributed by atoms with Crippen LogP contribution in [0.3, 0.4) is 0 Å². The van der Waals surface area contributed by atoms with Gasteiger partial charge in [0.1, 0.15) is 5.69 Å². The van der Waals surface area contributed by atoms with Crippen LogP contribution in [0.2, 0.25) is 0 Å². The SMILES string of the molecule is CC(C)(C)c1nc(N=C2NC(=O)C(=Cc3ccccc3)S2)sc1[N+](=O)[O-]. The highest BCUT2D eigenvalue weighted by molar-refractivity contribution is 8.18. The van der Waals surface area contributed by atoms with Crippen molar-refractivity contribution in [3.63, 3.8) is 0 Å². The summed E-state index contributed by atoms with van der Waals surface area (Å²) in [4.78, 5) is 32.0. The van der Waals surface area contributed by atoms with Gasteiger partial charge in [0.15, 0.2) is 5.17 Å². The van der Waals surface area contributed by atoms with Gasteiger partial charge in [-0.25, -0.2) is 4.98 Å². The summed E-state index contributed by atoms with van der Waals surface area (Å²) >= 11 is 2.09. The Bertz CT molecular complexity index is 927. The molecule has 2 aromatic rings. The van der Waals surface area contributed by atoms with E-state index in [0.29, 0.717) is 15.8 Å². The number of rotatable bonds is 3. The molecule has 134 valence electrons. The number of carbonyl (C=O) groups excluding carboxylic acids is 1. The summed E-state index contributed by atoms with van der Waals surface area (Å²) < 4.78 is 0. The van der Waals surface area contributed by atoms with E-state index in [-0.39, 0.29) is 16.0 Å². The Morgan fingerprint density at radius 2 is 1.96 bits per heavy atom. The molecule has 1 saturated heterocycles. The Labute approximate surface area is 158 Å². The van der Waals surface area contributed by atoms with Gasteiger partial charge < -0.3 is 5.32 Å². The number of carbonyl (C=O) groups is 1. The van der Waals surface area contributed by atoms with E-state index < -0.39 is 10.3 Å². The second kappa shape index (κ2) is 7.00. The van der Waals surface area contributed by atoms with Crippen molar-refractivity contribution >= 4 is 50.4 Å². The Morgan fingerprint density at radius 3 is 2.54 bits per heavy atom. The maximum atomic E-state index is 12.1. The highest BCUT2D eigenvalue weighted by Gasteiger charge is 2.31. The first-order chi connectivity index (χ1) is 12.2. The number of benzene rings is 1. The fraction of sp³-hybridized carbons (Fsp3) is 0.235. The second-order valence-electron chi connectivity index (χ2n) is 6.55. The molecule has 26 heavy (non-hydrogen) atoms. The largest absolute Gasteiger partial charge is 0.349 e. The molecule has 1 N–H and O–H groups in total. The Morgan fingerprint density at radius 1 is 1.27 bits per heavy atom. The van der Waals surface area contributed by atoms with Gasteiger partial charge in [-0.2, -0.15) is 4.99 Å². The molecule has 9 heteroatoms. The molecule has 0 unspecified atom stereocenters. The number of aliphatic imine (C=N–C) groups is 1. The molecule has 0 saturated carbocycles. The summed E-state index contributed by atoms with van der Waals surface area (Å²) in [6.45, 7) is 5.58. The molecule has 1 aliphatic heterocycles. The van der Waals surface area contributed by atoms with Gasteiger partial charge in [0.05, 0.1) is 9.83 Å². The summed E-state index contributed by atoms with van der Waals surface area (Å²) in [5.41, 5.74) is 0.828. The number of amides is 1. The van der Waals surface area contributed by atoms with Gasteiger partial charge in [0.25, 0.3) is 5.91 Å². The molecule has 0 bridgehead atoms. The van der Waals surface area contributed by atoms with Crippen molar-refractivity contribution in [1.82, 2.24) is 10.3 Å². The zero-order valence-electron chi connectivity index (χ0n) is 14.3. The first kappa shape index (κ1) is 18.3. The van der Waals surface area contributed by atoms with Gasteiger partial charge in [0.2, 0.25) is 5.13 Å². The lowest BCUT2D eigenvalue weighted by Crippen LogP contribution is -2.19. The first-order valence-electron chi connectivity index (χ1n) is 7.74. The Kier molecular flexibility index (Phi) is 4.92. The van der Waals surface area contributed by atoms with Crippen LogP contribution in [0.1, 0.15) is 32.0 Å². The monoisotopic (exact) mass is 388 g/mol. The van der Waals surface area contributed by atoms with E-state index in [2.05, 4.69) is 15.3 Å². The molecular weight excluding hydrogens is 372 g/mol. The van der Waals surface area contributed by atoms with E-state index >= 15 is 0 Å². The fourth-order valence-corrected chi connectivity index (χ4v) is 4.08. The number of thiazole rings is 1. The molecule has 1 aliphatic rings. The van der Waals surface area contributed by atoms with Crippen molar-refractivity contribution in [2.75, 3.05) is 0 Å². The zero-order chi connectivity index (χ0) is 18.9. The van der Waals surface area contributed by atoms with Crippen LogP contribution in [0, 0.1) is 10.1 Å². The van der Waals surface area contributed by atoms with Gasteiger partial charge in [-0.05, 0) is 34.7 Å². The number of aromatic nitrogens is 1. The van der Waals surface area contributed by atoms with Crippen molar-refractivity contribution in [3.05, 3.63) is 56.6 Å². The van der Waals surface area contributed by atoms with Crippen molar-refractivity contribution in [3.8, 4) is 0 Å². The molecule has 0 atom stereocenters. The number of nitrogens with one attached hydrogen (secondary N) is 1. The topological polar surface area (TPSA) is 97.5 Å². The number of nitrogens with zero attached hydrogens (tertiary/aromatic N) is 3. The first-order valence-corrected chi connectivity index (χ1v) is 9.37. The van der Waals surface area contributed by atoms with Gasteiger partial charge in [0, 0.05) is 5.41 Å². The third-order valence-electron chi connectivity index (χ3n) is 3.42. The lowest BCUT2D eigenvalue weighted by Gasteiger charge is -2.13. The third kappa shape index (κ3) is 4.00. The molecule has 0 radical (unpaired) electrons. The molecule has 2 heterocycles. The highest BCUT2D eigenvalue weighted by atomic mass is 32.2. The lowest BCUT2D eigenvalue weighted by molar-refractivity contribution is -0.381. The highest BCUT2D eigenvalue weighted by Crippen LogP contribution is 2.39. The smallest absolute Gasteiger partial charge is 0.300 e. The van der Waals surface area contributed by atoms with Crippen LogP contribution in [0.25, 0.3) is 6.08 Å². The average molecular weight is 388 g/mol. The number of nitro groups is 1. The summed E-state index contributed by atoms with van der Waals surface area (Å²) in [6.07, 6.45) is 1.77. The maximum absolute atomic E-state index is 12.1. The van der Waals surface area contributed by atoms with Crippen molar-refractivity contribution < 1.29 is 9.72 Å². The predicted molar refractivity (Wildman–Crippen MR) is 105 cm³/mol. The minimum atomic E-state index is -0.470. The van der Waals surface area contributed by atoms with Crippen LogP contribution in [0.15, 0.2) is 40.2 Å². The molecule has 1 aromatic carbocycles. The number of thioether (sulfide) groups is 1. The standard InChI is InChI=1S/C17H16N4O3S2/c1-17(2,3)12-14(21(23)24)26-15(18-12)20-16-19-13(22)11(25-16)9-10-7-5-4-6-8-10/h4-9H,1-3H3,(H,18,19,20,22). The van der Waals surface area contributed by atoms with Gasteiger partial charge in [-0.1, -0.05) is 51.1 Å². The molecule has 1 aromatic heterocycles. The Hall–Kier alpha value is -2.52. The molecule has 1 fully saturated rings. The van der Waals surface area contributed by atoms with Crippen LogP contribution in [0.5, 0.6) is 0 Å². The van der Waals surface area contributed by atoms with Crippen LogP contribution < -0.4 is 5.32 Å². The van der Waals surface area contributed by atoms with Crippen LogP contribution >= 0.6 is 23.1 Å². The number of amidine groups is 1. The minimum Gasteiger partial charge on any atom is -0.300 e. The minimum absolute atomic E-state index is 0.0220. The number of hydrogen-bond acceptors (Lipinski definition) is 7. The molecule has 1 amide bonds. The van der Waals surface area contributed by atoms with Crippen molar-refractivity contribution in [1.29, 1.82) is 0 Å². The maximum Gasteiger partial charge on any atom is 0.349 e. The van der Waals surface area contributed by atoms with Gasteiger partial charge >= 0.3 is 5.00 Å². The number of hydrogen-bond donors (Lipinski definition) is 1. The van der Waals surface area contributed by atoms with Crippen LogP contribution in [-0.2, 0) is 10.2 Å². The van der Waals surface area contributed by atoms with E-state index in [1.165, 1.54) is 11.8 Å². The van der Waals surface area contributed by atoms with E-state index in [4.69, 9.17) is 0 Å². The van der Waals surface area contributed by atoms with E-state index in [9.17, 15) is 14.9 Å². The second-order valence-corrected chi connectivity index (χ2v) is 8.54. The summed E-state index contributed by atoms with van der Waals surface area (Å²) in [7, 11) is 0. The quantitative estimate of drug-likeness (QED) is 0.482. The Balaban J connectivity index is 1.89. The lowest BCUT2D eigenvalue weighted by atomic mass is 9.93. The predicted octanol–water partition coefficient (Wildman–Crippen LogP) is 4.24. The summed E-state index contributed by atoms with van der Waals surface area (Å²) in [6, 6.07) is 9.48. The van der Waals surface area contributed by atoms with Crippen molar-refractivity contribution in [2.24, 2.45) is 4.99 Å². The average Bonchev–Trinajstić information content (AvgIpc) is 3.13. The molecule has 0 spiro atoms. The van der Waals surface area contributed by atoms with Crippen LogP contribution in [-0.4, -0.2) is 21.0 Å². The van der Waals surface area contributed by atoms with E-state index in [1.807, 2.05) is 51.1 Å². The van der Waals surface area contributed by atoms with Gasteiger partial charge in [-0.3, -0.25) is 14.9 Å². The van der Waals surface area contributed by atoms with E-state index in [1.54, 1.807) is 6.08 Å². The summed E-state index contributed by atoms with van der Waals surface area (Å²) in [5.74, 6) is -0.250. The summed E-state index contributed by atoms with van der Waals surface area (Å²) in [5, 5.41) is 14.5. The molecular formula is C17H16N4O3S2. The molecule has 3 rings (SSSR count). The van der Waals surface area contributed by atoms with E-state index in [0.717, 1.165) is 16.9 Å². The third-order valence-corrected chi connectivity index (χ3v) is 5.23. The normalized spacial score (nSPS) is 17.7. The fourth-order valence-electron chi connectivity index (χ4n) is 2.23. The zero-order valence-corrected chi connectivity index (χ0v) is 16.0. The van der Waals surface area contributed by atoms with Gasteiger partial charge in [-0.15, -0.1) is 0 Å². The van der Waals surface area contributed by atoms with Crippen molar-refractivity contribution in [2.45, 2.75) is 26.2 Å². The molecule has 7 nitrogen and oxygen atoms in total. The van der Waals surface area contributed by atoms with Crippen LogP contribution in [0.4, 0.5) is 10.1 Å².